The lowest BCUT2D eigenvalue weighted by atomic mass is 9.83. The Morgan fingerprint density at radius 1 is 1.28 bits per heavy atom. The van der Waals surface area contributed by atoms with Gasteiger partial charge in [-0.05, 0) is 65.3 Å². The summed E-state index contributed by atoms with van der Waals surface area (Å²) in [4.78, 5) is 11.7. The smallest absolute Gasteiger partial charge is 0.407 e. The van der Waals surface area contributed by atoms with E-state index in [9.17, 15) is 4.79 Å². The molecule has 0 aliphatic heterocycles. The molecule has 1 spiro atoms. The van der Waals surface area contributed by atoms with Crippen LogP contribution in [0, 0.1) is 5.41 Å². The maximum Gasteiger partial charge on any atom is 0.407 e. The molecule has 2 saturated carbocycles. The van der Waals surface area contributed by atoms with Crippen LogP contribution in [0.1, 0.15) is 52.9 Å². The lowest BCUT2D eigenvalue weighted by molar-refractivity contribution is 0.0484. The largest absolute Gasteiger partial charge is 0.444 e. The second-order valence-electron chi connectivity index (χ2n) is 6.83. The zero-order valence-corrected chi connectivity index (χ0v) is 12.0. The van der Waals surface area contributed by atoms with Gasteiger partial charge in [0.25, 0.3) is 0 Å². The number of nitrogens with one attached hydrogen (secondary N) is 2. The molecule has 0 aromatic heterocycles. The molecule has 4 heteroatoms. The predicted octanol–water partition coefficient (Wildman–Crippen LogP) is 2.43. The van der Waals surface area contributed by atoms with Gasteiger partial charge in [-0.1, -0.05) is 0 Å². The Morgan fingerprint density at radius 3 is 2.33 bits per heavy atom. The summed E-state index contributed by atoms with van der Waals surface area (Å²) < 4.78 is 5.29. The van der Waals surface area contributed by atoms with Crippen molar-refractivity contribution in [3.63, 3.8) is 0 Å². The molecule has 2 aliphatic carbocycles. The van der Waals surface area contributed by atoms with Crippen molar-refractivity contribution in [3.05, 3.63) is 0 Å². The number of hydrogen-bond donors (Lipinski definition) is 2. The van der Waals surface area contributed by atoms with Crippen LogP contribution in [0.2, 0.25) is 0 Å². The Morgan fingerprint density at radius 2 is 1.89 bits per heavy atom. The molecular weight excluding hydrogens is 228 g/mol. The van der Waals surface area contributed by atoms with Crippen LogP contribution in [-0.2, 0) is 4.74 Å². The van der Waals surface area contributed by atoms with Crippen LogP contribution in [0.5, 0.6) is 0 Å². The van der Waals surface area contributed by atoms with E-state index in [1.165, 1.54) is 19.3 Å². The monoisotopic (exact) mass is 254 g/mol. The van der Waals surface area contributed by atoms with Gasteiger partial charge in [-0.3, -0.25) is 0 Å². The van der Waals surface area contributed by atoms with Crippen LogP contribution in [0.3, 0.4) is 0 Å². The van der Waals surface area contributed by atoms with E-state index >= 15 is 0 Å². The second-order valence-corrected chi connectivity index (χ2v) is 6.83. The van der Waals surface area contributed by atoms with Crippen molar-refractivity contribution in [1.82, 2.24) is 10.6 Å². The molecule has 2 aliphatic rings. The highest BCUT2D eigenvalue weighted by Gasteiger charge is 2.54. The van der Waals surface area contributed by atoms with E-state index in [1.807, 2.05) is 27.8 Å². The third kappa shape index (κ3) is 3.16. The standard InChI is InChI=1S/C14H26N2O2/c1-13(2,3)18-12(17)16-10-5-7-14(8-6-10)9-11(14)15-4/h10-11,15H,5-9H2,1-4H3,(H,16,17). The number of rotatable bonds is 2. The molecule has 1 atom stereocenters. The predicted molar refractivity (Wildman–Crippen MR) is 71.5 cm³/mol. The van der Waals surface area contributed by atoms with E-state index in [2.05, 4.69) is 10.6 Å². The molecule has 0 radical (unpaired) electrons. The third-order valence-corrected chi connectivity index (χ3v) is 4.24. The Kier molecular flexibility index (Phi) is 3.58. The SMILES string of the molecule is CNC1CC12CCC(NC(=O)OC(C)(C)C)CC2. The average Bonchev–Trinajstić information content (AvgIpc) is 2.93. The average molecular weight is 254 g/mol. The van der Waals surface area contributed by atoms with E-state index < -0.39 is 5.60 Å². The van der Waals surface area contributed by atoms with Crippen molar-refractivity contribution in [2.45, 2.75) is 70.6 Å². The molecule has 0 aromatic carbocycles. The molecule has 4 nitrogen and oxygen atoms in total. The topological polar surface area (TPSA) is 50.4 Å². The number of carbonyl (C=O) groups is 1. The van der Waals surface area contributed by atoms with Crippen LogP contribution in [0.4, 0.5) is 4.79 Å². The molecule has 104 valence electrons. The van der Waals surface area contributed by atoms with Gasteiger partial charge in [0.05, 0.1) is 0 Å². The van der Waals surface area contributed by atoms with Gasteiger partial charge in [0.2, 0.25) is 0 Å². The Hall–Kier alpha value is -0.770. The quantitative estimate of drug-likeness (QED) is 0.795. The molecule has 0 heterocycles. The van der Waals surface area contributed by atoms with Gasteiger partial charge < -0.3 is 15.4 Å². The summed E-state index contributed by atoms with van der Waals surface area (Å²) in [6.45, 7) is 5.68. The lowest BCUT2D eigenvalue weighted by Crippen LogP contribution is -2.41. The van der Waals surface area contributed by atoms with Crippen molar-refractivity contribution >= 4 is 6.09 Å². The first-order chi connectivity index (χ1) is 8.35. The minimum atomic E-state index is -0.409. The fourth-order valence-electron chi connectivity index (χ4n) is 3.12. The van der Waals surface area contributed by atoms with Gasteiger partial charge in [0, 0.05) is 12.1 Å². The van der Waals surface area contributed by atoms with Crippen LogP contribution in [0.25, 0.3) is 0 Å². The molecule has 1 amide bonds. The fourth-order valence-corrected chi connectivity index (χ4v) is 3.12. The molecule has 0 aromatic rings. The number of hydrogen-bond acceptors (Lipinski definition) is 3. The Labute approximate surface area is 110 Å². The molecule has 0 saturated heterocycles. The Bertz CT molecular complexity index is 314. The number of ether oxygens (including phenoxy) is 1. The fraction of sp³-hybridized carbons (Fsp3) is 0.929. The maximum absolute atomic E-state index is 11.7. The van der Waals surface area contributed by atoms with Crippen LogP contribution >= 0.6 is 0 Å². The molecule has 2 rings (SSSR count). The number of alkyl carbamates (subject to hydrolysis) is 1. The van der Waals surface area contributed by atoms with Gasteiger partial charge in [-0.15, -0.1) is 0 Å². The highest BCUT2D eigenvalue weighted by Crippen LogP contribution is 2.56. The van der Waals surface area contributed by atoms with E-state index in [-0.39, 0.29) is 6.09 Å². The van der Waals surface area contributed by atoms with Gasteiger partial charge >= 0.3 is 6.09 Å². The lowest BCUT2D eigenvalue weighted by Gasteiger charge is -2.30. The summed E-state index contributed by atoms with van der Waals surface area (Å²) >= 11 is 0. The first kappa shape index (κ1) is 13.7. The van der Waals surface area contributed by atoms with E-state index in [0.717, 1.165) is 12.8 Å². The zero-order valence-electron chi connectivity index (χ0n) is 12.0. The van der Waals surface area contributed by atoms with Crippen molar-refractivity contribution in [1.29, 1.82) is 0 Å². The van der Waals surface area contributed by atoms with Gasteiger partial charge in [0.15, 0.2) is 0 Å². The van der Waals surface area contributed by atoms with Crippen molar-refractivity contribution in [2.75, 3.05) is 7.05 Å². The first-order valence-electron chi connectivity index (χ1n) is 7.01. The summed E-state index contributed by atoms with van der Waals surface area (Å²) in [5.74, 6) is 0. The molecule has 18 heavy (non-hydrogen) atoms. The summed E-state index contributed by atoms with van der Waals surface area (Å²) in [7, 11) is 2.05. The second kappa shape index (κ2) is 4.72. The van der Waals surface area contributed by atoms with Gasteiger partial charge in [-0.2, -0.15) is 0 Å². The van der Waals surface area contributed by atoms with E-state index in [0.29, 0.717) is 17.5 Å². The van der Waals surface area contributed by atoms with Gasteiger partial charge in [0.1, 0.15) is 5.60 Å². The van der Waals surface area contributed by atoms with E-state index in [1.54, 1.807) is 0 Å². The molecule has 0 bridgehead atoms. The van der Waals surface area contributed by atoms with Crippen LogP contribution in [0.15, 0.2) is 0 Å². The van der Waals surface area contributed by atoms with Crippen LogP contribution < -0.4 is 10.6 Å². The maximum atomic E-state index is 11.7. The highest BCUT2D eigenvalue weighted by atomic mass is 16.6. The summed E-state index contributed by atoms with van der Waals surface area (Å²) in [6.07, 6.45) is 5.64. The molecular formula is C14H26N2O2. The van der Waals surface area contributed by atoms with Crippen molar-refractivity contribution in [3.8, 4) is 0 Å². The summed E-state index contributed by atoms with van der Waals surface area (Å²) in [5.41, 5.74) is 0.133. The first-order valence-corrected chi connectivity index (χ1v) is 7.01. The highest BCUT2D eigenvalue weighted by molar-refractivity contribution is 5.68. The van der Waals surface area contributed by atoms with E-state index in [4.69, 9.17) is 4.74 Å². The third-order valence-electron chi connectivity index (χ3n) is 4.24. The van der Waals surface area contributed by atoms with Crippen molar-refractivity contribution < 1.29 is 9.53 Å². The molecule has 2 N–H and O–H groups in total. The van der Waals surface area contributed by atoms with Crippen molar-refractivity contribution in [2.24, 2.45) is 5.41 Å². The summed E-state index contributed by atoms with van der Waals surface area (Å²) in [5, 5.41) is 6.37. The minimum Gasteiger partial charge on any atom is -0.444 e. The molecule has 2 fully saturated rings. The number of carbonyl (C=O) groups excluding carboxylic acids is 1. The van der Waals surface area contributed by atoms with Crippen LogP contribution in [-0.4, -0.2) is 30.8 Å². The van der Waals surface area contributed by atoms with Gasteiger partial charge in [-0.25, -0.2) is 4.79 Å². The zero-order chi connectivity index (χ0) is 13.4. The normalized spacial score (nSPS) is 35.3. The minimum absolute atomic E-state index is 0.274. The Balaban J connectivity index is 1.73. The molecule has 1 unspecified atom stereocenters. The summed E-state index contributed by atoms with van der Waals surface area (Å²) in [6, 6.07) is 1.00. The number of amides is 1.